The summed E-state index contributed by atoms with van der Waals surface area (Å²) in [5.41, 5.74) is 1.95. The maximum Gasteiger partial charge on any atom is 0.0756 e. The normalized spacial score (nSPS) is 11.8. The van der Waals surface area contributed by atoms with E-state index in [2.05, 4.69) is 30.4 Å². The summed E-state index contributed by atoms with van der Waals surface area (Å²) in [7, 11) is 0. The molecule has 0 aliphatic carbocycles. The number of hydrogen-bond acceptors (Lipinski definition) is 4. The summed E-state index contributed by atoms with van der Waals surface area (Å²) in [4.78, 5) is 8.78. The van der Waals surface area contributed by atoms with Gasteiger partial charge in [-0.15, -0.1) is 0 Å². The van der Waals surface area contributed by atoms with Crippen LogP contribution in [0.25, 0.3) is 0 Å². The number of H-pyrrole nitrogens is 2. The van der Waals surface area contributed by atoms with Gasteiger partial charge in [0.25, 0.3) is 0 Å². The molecular formula is C18H28N6. The molecule has 2 aromatic heterocycles. The summed E-state index contributed by atoms with van der Waals surface area (Å²) < 4.78 is 0. The third kappa shape index (κ3) is 8.41. The van der Waals surface area contributed by atoms with Crippen LogP contribution >= 0.6 is 0 Å². The fourth-order valence-electron chi connectivity index (χ4n) is 2.47. The molecule has 6 heteroatoms. The van der Waals surface area contributed by atoms with Gasteiger partial charge in [0.05, 0.1) is 11.4 Å². The van der Waals surface area contributed by atoms with Crippen LogP contribution in [0.15, 0.2) is 34.5 Å². The summed E-state index contributed by atoms with van der Waals surface area (Å²) in [6, 6.07) is 3.85. The Bertz CT molecular complexity index is 504. The SMILES string of the molecule is C(=NCCCCCCCCCCN=Cc1ccn[nH]1)c1ccn[nH]1. The topological polar surface area (TPSA) is 82.1 Å². The fraction of sp³-hybridized carbons (Fsp3) is 0.556. The average Bonchev–Trinajstić information content (AvgIpc) is 3.28. The number of nitrogens with one attached hydrogen (secondary N) is 2. The van der Waals surface area contributed by atoms with Crippen molar-refractivity contribution in [3.05, 3.63) is 35.9 Å². The van der Waals surface area contributed by atoms with Gasteiger partial charge in [0.2, 0.25) is 0 Å². The molecule has 0 atom stereocenters. The minimum absolute atomic E-state index is 0.910. The third-order valence-electron chi connectivity index (χ3n) is 3.83. The molecule has 0 bridgehead atoms. The second kappa shape index (κ2) is 12.2. The molecular weight excluding hydrogens is 300 g/mol. The quantitative estimate of drug-likeness (QED) is 0.433. The van der Waals surface area contributed by atoms with Crippen molar-refractivity contribution >= 4 is 12.4 Å². The molecule has 2 aromatic rings. The second-order valence-corrected chi connectivity index (χ2v) is 5.92. The first-order chi connectivity index (χ1) is 11.9. The number of hydrogen-bond donors (Lipinski definition) is 2. The van der Waals surface area contributed by atoms with Gasteiger partial charge in [0.15, 0.2) is 0 Å². The molecule has 0 unspecified atom stereocenters. The van der Waals surface area contributed by atoms with Gasteiger partial charge in [-0.3, -0.25) is 20.2 Å². The number of rotatable bonds is 13. The third-order valence-corrected chi connectivity index (χ3v) is 3.83. The molecule has 0 aliphatic rings. The van der Waals surface area contributed by atoms with Gasteiger partial charge in [-0.25, -0.2) is 0 Å². The zero-order valence-corrected chi connectivity index (χ0v) is 14.3. The van der Waals surface area contributed by atoms with Crippen LogP contribution in [0.5, 0.6) is 0 Å². The van der Waals surface area contributed by atoms with E-state index in [1.54, 1.807) is 12.4 Å². The summed E-state index contributed by atoms with van der Waals surface area (Å²) in [5.74, 6) is 0. The molecule has 0 spiro atoms. The monoisotopic (exact) mass is 328 g/mol. The van der Waals surface area contributed by atoms with Gasteiger partial charge in [-0.1, -0.05) is 38.5 Å². The Hall–Kier alpha value is -2.24. The van der Waals surface area contributed by atoms with Crippen molar-refractivity contribution in [3.63, 3.8) is 0 Å². The Labute approximate surface area is 143 Å². The Balaban J connectivity index is 1.32. The van der Waals surface area contributed by atoms with Crippen molar-refractivity contribution in [1.82, 2.24) is 20.4 Å². The van der Waals surface area contributed by atoms with Crippen molar-refractivity contribution in [3.8, 4) is 0 Å². The van der Waals surface area contributed by atoms with Gasteiger partial charge in [-0.05, 0) is 25.0 Å². The molecule has 2 heterocycles. The zero-order valence-electron chi connectivity index (χ0n) is 14.3. The Morgan fingerprint density at radius 3 is 1.46 bits per heavy atom. The lowest BCUT2D eigenvalue weighted by Crippen LogP contribution is -1.88. The number of nitrogens with zero attached hydrogens (tertiary/aromatic N) is 4. The number of unbranched alkanes of at least 4 members (excludes halogenated alkanes) is 7. The van der Waals surface area contributed by atoms with E-state index in [1.807, 2.05) is 24.6 Å². The first kappa shape index (κ1) is 18.1. The Morgan fingerprint density at radius 1 is 0.667 bits per heavy atom. The molecule has 2 N–H and O–H groups in total. The zero-order chi connectivity index (χ0) is 16.7. The number of aromatic amines is 2. The van der Waals surface area contributed by atoms with Crippen LogP contribution in [0.4, 0.5) is 0 Å². The molecule has 2 rings (SSSR count). The molecule has 0 radical (unpaired) electrons. The van der Waals surface area contributed by atoms with Gasteiger partial charge in [-0.2, -0.15) is 10.2 Å². The summed E-state index contributed by atoms with van der Waals surface area (Å²) in [6.45, 7) is 1.82. The van der Waals surface area contributed by atoms with E-state index in [0.717, 1.165) is 24.5 Å². The summed E-state index contributed by atoms with van der Waals surface area (Å²) in [5, 5.41) is 13.5. The minimum Gasteiger partial charge on any atom is -0.291 e. The fourth-order valence-corrected chi connectivity index (χ4v) is 2.47. The highest BCUT2D eigenvalue weighted by atomic mass is 15.1. The standard InChI is InChI=1S/C18H28N6/c1(3-5-7-11-19-15-17-9-13-21-23-17)2-4-6-8-12-20-16-18-10-14-22-24-18/h9-10,13-16H,1-8,11-12H2,(H,21,23)(H,22,24). The van der Waals surface area contributed by atoms with Crippen molar-refractivity contribution in [2.45, 2.75) is 51.4 Å². The smallest absolute Gasteiger partial charge is 0.0756 e. The maximum absolute atomic E-state index is 4.39. The first-order valence-corrected chi connectivity index (χ1v) is 8.93. The van der Waals surface area contributed by atoms with E-state index in [4.69, 9.17) is 0 Å². The van der Waals surface area contributed by atoms with E-state index in [1.165, 1.54) is 51.4 Å². The molecule has 0 amide bonds. The Kier molecular flexibility index (Phi) is 9.21. The van der Waals surface area contributed by atoms with Crippen molar-refractivity contribution in [1.29, 1.82) is 0 Å². The van der Waals surface area contributed by atoms with Crippen LogP contribution < -0.4 is 0 Å². The van der Waals surface area contributed by atoms with Gasteiger partial charge >= 0.3 is 0 Å². The predicted octanol–water partition coefficient (Wildman–Crippen LogP) is 3.79. The number of aromatic nitrogens is 4. The Morgan fingerprint density at radius 2 is 1.08 bits per heavy atom. The van der Waals surface area contributed by atoms with Crippen LogP contribution in [-0.4, -0.2) is 45.9 Å². The van der Waals surface area contributed by atoms with Gasteiger partial charge < -0.3 is 0 Å². The molecule has 0 aromatic carbocycles. The lowest BCUT2D eigenvalue weighted by Gasteiger charge is -2.00. The van der Waals surface area contributed by atoms with Crippen LogP contribution in [0.1, 0.15) is 62.8 Å². The molecule has 0 fully saturated rings. The molecule has 0 saturated heterocycles. The number of aliphatic imine (C=N–C) groups is 2. The van der Waals surface area contributed by atoms with Gasteiger partial charge in [0.1, 0.15) is 0 Å². The summed E-state index contributed by atoms with van der Waals surface area (Å²) in [6.07, 6.45) is 17.4. The maximum atomic E-state index is 4.39. The predicted molar refractivity (Wildman–Crippen MR) is 99.0 cm³/mol. The van der Waals surface area contributed by atoms with E-state index in [9.17, 15) is 0 Å². The molecule has 0 aliphatic heterocycles. The lowest BCUT2D eigenvalue weighted by molar-refractivity contribution is 0.573. The molecule has 6 nitrogen and oxygen atoms in total. The van der Waals surface area contributed by atoms with E-state index < -0.39 is 0 Å². The first-order valence-electron chi connectivity index (χ1n) is 8.93. The van der Waals surface area contributed by atoms with Gasteiger partial charge in [0, 0.05) is 37.9 Å². The van der Waals surface area contributed by atoms with Crippen molar-refractivity contribution < 1.29 is 0 Å². The minimum atomic E-state index is 0.910. The van der Waals surface area contributed by atoms with E-state index in [-0.39, 0.29) is 0 Å². The highest BCUT2D eigenvalue weighted by molar-refractivity contribution is 5.76. The molecule has 130 valence electrons. The van der Waals surface area contributed by atoms with Crippen LogP contribution in [0.2, 0.25) is 0 Å². The summed E-state index contributed by atoms with van der Waals surface area (Å²) >= 11 is 0. The second-order valence-electron chi connectivity index (χ2n) is 5.92. The van der Waals surface area contributed by atoms with Crippen LogP contribution in [0, 0.1) is 0 Å². The van der Waals surface area contributed by atoms with E-state index >= 15 is 0 Å². The van der Waals surface area contributed by atoms with Crippen molar-refractivity contribution in [2.24, 2.45) is 9.98 Å². The lowest BCUT2D eigenvalue weighted by atomic mass is 10.1. The highest BCUT2D eigenvalue weighted by Crippen LogP contribution is 2.08. The average molecular weight is 328 g/mol. The molecule has 0 saturated carbocycles. The van der Waals surface area contributed by atoms with E-state index in [0.29, 0.717) is 0 Å². The largest absolute Gasteiger partial charge is 0.291 e. The van der Waals surface area contributed by atoms with Crippen LogP contribution in [-0.2, 0) is 0 Å². The highest BCUT2D eigenvalue weighted by Gasteiger charge is 1.93. The van der Waals surface area contributed by atoms with Crippen LogP contribution in [0.3, 0.4) is 0 Å². The molecule has 24 heavy (non-hydrogen) atoms. The van der Waals surface area contributed by atoms with Crippen molar-refractivity contribution in [2.75, 3.05) is 13.1 Å².